The molecule has 0 N–H and O–H groups in total. The third-order valence-electron chi connectivity index (χ3n) is 4.19. The highest BCUT2D eigenvalue weighted by Crippen LogP contribution is 2.21. The molecule has 0 amide bonds. The molecule has 0 radical (unpaired) electrons. The van der Waals surface area contributed by atoms with Crippen molar-refractivity contribution in [3.63, 3.8) is 0 Å². The Morgan fingerprint density at radius 1 is 1.04 bits per heavy atom. The van der Waals surface area contributed by atoms with Gasteiger partial charge in [-0.2, -0.15) is 4.31 Å². The number of carbonyl (C=O) groups excluding carboxylic acids is 2. The van der Waals surface area contributed by atoms with Gasteiger partial charge in [0.25, 0.3) is 0 Å². The lowest BCUT2D eigenvalue weighted by atomic mass is 10.2. The topological polar surface area (TPSA) is 103 Å². The monoisotopic (exact) mass is 393 g/mol. The fourth-order valence-corrected chi connectivity index (χ4v) is 4.24. The minimum Gasteiger partial charge on any atom is -0.463 e. The zero-order chi connectivity index (χ0) is 19.4. The largest absolute Gasteiger partial charge is 0.463 e. The van der Waals surface area contributed by atoms with E-state index in [9.17, 15) is 18.0 Å². The van der Waals surface area contributed by atoms with Crippen molar-refractivity contribution in [1.82, 2.24) is 4.31 Å². The Morgan fingerprint density at radius 2 is 1.70 bits per heavy atom. The summed E-state index contributed by atoms with van der Waals surface area (Å²) in [5, 5.41) is 0. The second-order valence-electron chi connectivity index (χ2n) is 5.97. The molecular weight excluding hydrogens is 374 g/mol. The van der Waals surface area contributed by atoms with Crippen LogP contribution in [-0.2, 0) is 26.1 Å². The van der Waals surface area contributed by atoms with Crippen LogP contribution in [0, 0.1) is 0 Å². The number of sulfonamides is 1. The number of ether oxygens (including phenoxy) is 2. The summed E-state index contributed by atoms with van der Waals surface area (Å²) in [6, 6.07) is 8.54. The quantitative estimate of drug-likeness (QED) is 0.693. The lowest BCUT2D eigenvalue weighted by Gasteiger charge is -2.15. The maximum Gasteiger partial charge on any atom is 0.373 e. The van der Waals surface area contributed by atoms with Crippen molar-refractivity contribution in [2.45, 2.75) is 24.3 Å². The molecule has 3 rings (SSSR count). The van der Waals surface area contributed by atoms with E-state index in [0.717, 1.165) is 12.8 Å². The maximum absolute atomic E-state index is 12.5. The van der Waals surface area contributed by atoms with Gasteiger partial charge in [0.1, 0.15) is 12.4 Å². The fourth-order valence-electron chi connectivity index (χ4n) is 2.73. The first-order valence-corrected chi connectivity index (χ1v) is 9.80. The van der Waals surface area contributed by atoms with Gasteiger partial charge < -0.3 is 13.9 Å². The predicted molar refractivity (Wildman–Crippen MR) is 93.6 cm³/mol. The molecule has 9 heteroatoms. The summed E-state index contributed by atoms with van der Waals surface area (Å²) in [5.41, 5.74) is 0.218. The normalized spacial score (nSPS) is 14.9. The lowest BCUT2D eigenvalue weighted by molar-refractivity contribution is 0.0438. The second kappa shape index (κ2) is 7.93. The Labute approximate surface area is 156 Å². The smallest absolute Gasteiger partial charge is 0.373 e. The van der Waals surface area contributed by atoms with E-state index in [-0.39, 0.29) is 28.6 Å². The maximum atomic E-state index is 12.5. The number of hydrogen-bond acceptors (Lipinski definition) is 7. The van der Waals surface area contributed by atoms with E-state index in [1.54, 1.807) is 0 Å². The molecule has 0 atom stereocenters. The lowest BCUT2D eigenvalue weighted by Crippen LogP contribution is -2.27. The van der Waals surface area contributed by atoms with E-state index < -0.39 is 22.0 Å². The van der Waals surface area contributed by atoms with Crippen LogP contribution in [-0.4, -0.2) is 44.9 Å². The van der Waals surface area contributed by atoms with Gasteiger partial charge in [-0.25, -0.2) is 18.0 Å². The van der Waals surface area contributed by atoms with Gasteiger partial charge in [0.05, 0.1) is 17.6 Å². The molecule has 0 saturated carbocycles. The van der Waals surface area contributed by atoms with E-state index in [4.69, 9.17) is 9.15 Å². The van der Waals surface area contributed by atoms with E-state index in [1.807, 2.05) is 0 Å². The van der Waals surface area contributed by atoms with E-state index in [2.05, 4.69) is 4.74 Å². The molecule has 27 heavy (non-hydrogen) atoms. The molecule has 0 spiro atoms. The molecule has 1 aliphatic heterocycles. The van der Waals surface area contributed by atoms with Gasteiger partial charge in [-0.05, 0) is 49.2 Å². The highest BCUT2D eigenvalue weighted by Gasteiger charge is 2.27. The summed E-state index contributed by atoms with van der Waals surface area (Å²) in [6.45, 7) is 0.870. The zero-order valence-electron chi connectivity index (χ0n) is 14.7. The second-order valence-corrected chi connectivity index (χ2v) is 7.91. The van der Waals surface area contributed by atoms with Crippen molar-refractivity contribution in [3.05, 3.63) is 53.5 Å². The van der Waals surface area contributed by atoms with Crippen LogP contribution in [0.5, 0.6) is 0 Å². The van der Waals surface area contributed by atoms with Crippen LogP contribution in [0.15, 0.2) is 45.7 Å². The number of nitrogens with zero attached hydrogens (tertiary/aromatic N) is 1. The molecule has 0 bridgehead atoms. The van der Waals surface area contributed by atoms with Crippen molar-refractivity contribution in [2.24, 2.45) is 0 Å². The number of benzene rings is 1. The van der Waals surface area contributed by atoms with Crippen molar-refractivity contribution in [2.75, 3.05) is 20.2 Å². The summed E-state index contributed by atoms with van der Waals surface area (Å²) in [6.07, 6.45) is 1.71. The molecule has 2 aromatic rings. The van der Waals surface area contributed by atoms with Gasteiger partial charge in [0.2, 0.25) is 15.8 Å². The first-order valence-electron chi connectivity index (χ1n) is 8.36. The number of hydrogen-bond donors (Lipinski definition) is 0. The zero-order valence-corrected chi connectivity index (χ0v) is 15.5. The van der Waals surface area contributed by atoms with E-state index in [0.29, 0.717) is 13.1 Å². The standard InChI is InChI=1S/C18H19NO7S/c1-24-18(21)16-9-6-14(26-16)12-25-17(20)13-4-7-15(8-5-13)27(22,23)19-10-2-3-11-19/h4-9H,2-3,10-12H2,1H3. The molecule has 1 aromatic carbocycles. The van der Waals surface area contributed by atoms with Gasteiger partial charge in [-0.3, -0.25) is 0 Å². The molecule has 1 fully saturated rings. The number of esters is 2. The summed E-state index contributed by atoms with van der Waals surface area (Å²) in [5.74, 6) is -0.949. The van der Waals surface area contributed by atoms with Crippen LogP contribution in [0.4, 0.5) is 0 Å². The van der Waals surface area contributed by atoms with Crippen LogP contribution in [0.3, 0.4) is 0 Å². The molecule has 1 aliphatic rings. The Kier molecular flexibility index (Phi) is 5.62. The number of furan rings is 1. The van der Waals surface area contributed by atoms with Crippen molar-refractivity contribution in [3.8, 4) is 0 Å². The van der Waals surface area contributed by atoms with Gasteiger partial charge in [-0.15, -0.1) is 0 Å². The molecule has 0 aliphatic carbocycles. The van der Waals surface area contributed by atoms with Gasteiger partial charge in [0.15, 0.2) is 0 Å². The number of carbonyl (C=O) groups is 2. The van der Waals surface area contributed by atoms with Crippen LogP contribution in [0.1, 0.15) is 39.5 Å². The fraction of sp³-hybridized carbons (Fsp3) is 0.333. The Bertz CT molecular complexity index is 925. The summed E-state index contributed by atoms with van der Waals surface area (Å²) in [7, 11) is -2.29. The van der Waals surface area contributed by atoms with E-state index in [1.165, 1.54) is 47.8 Å². The molecule has 8 nitrogen and oxygen atoms in total. The molecule has 0 unspecified atom stereocenters. The average Bonchev–Trinajstić information content (AvgIpc) is 3.37. The van der Waals surface area contributed by atoms with Crippen LogP contribution >= 0.6 is 0 Å². The molecule has 1 saturated heterocycles. The van der Waals surface area contributed by atoms with Gasteiger partial charge >= 0.3 is 11.9 Å². The molecule has 144 valence electrons. The first kappa shape index (κ1) is 19.1. The highest BCUT2D eigenvalue weighted by atomic mass is 32.2. The van der Waals surface area contributed by atoms with Crippen LogP contribution < -0.4 is 0 Å². The molecular formula is C18H19NO7S. The van der Waals surface area contributed by atoms with Crippen molar-refractivity contribution < 1.29 is 31.9 Å². The highest BCUT2D eigenvalue weighted by molar-refractivity contribution is 7.89. The Morgan fingerprint density at radius 3 is 2.33 bits per heavy atom. The summed E-state index contributed by atoms with van der Waals surface area (Å²) < 4.78 is 41.2. The van der Waals surface area contributed by atoms with Gasteiger partial charge in [0, 0.05) is 13.1 Å². The first-order chi connectivity index (χ1) is 12.9. The average molecular weight is 393 g/mol. The predicted octanol–water partition coefficient (Wildman–Crippen LogP) is 2.21. The van der Waals surface area contributed by atoms with Crippen molar-refractivity contribution in [1.29, 1.82) is 0 Å². The minimum absolute atomic E-state index is 0.0139. The minimum atomic E-state index is -3.52. The Balaban J connectivity index is 1.62. The third kappa shape index (κ3) is 4.20. The van der Waals surface area contributed by atoms with E-state index >= 15 is 0 Å². The Hall–Kier alpha value is -2.65. The third-order valence-corrected chi connectivity index (χ3v) is 6.10. The van der Waals surface area contributed by atoms with Crippen LogP contribution in [0.2, 0.25) is 0 Å². The van der Waals surface area contributed by atoms with Crippen LogP contribution in [0.25, 0.3) is 0 Å². The number of methoxy groups -OCH3 is 1. The summed E-state index contributed by atoms with van der Waals surface area (Å²) in [4.78, 5) is 23.6. The number of rotatable bonds is 6. The molecule has 1 aromatic heterocycles. The summed E-state index contributed by atoms with van der Waals surface area (Å²) >= 11 is 0. The molecule has 2 heterocycles. The van der Waals surface area contributed by atoms with Crippen molar-refractivity contribution >= 4 is 22.0 Å². The SMILES string of the molecule is COC(=O)c1ccc(COC(=O)c2ccc(S(=O)(=O)N3CCCC3)cc2)o1. The van der Waals surface area contributed by atoms with Gasteiger partial charge in [-0.1, -0.05) is 0 Å².